The second kappa shape index (κ2) is 8.98. The van der Waals surface area contributed by atoms with Crippen molar-refractivity contribution < 1.29 is 27.2 Å². The van der Waals surface area contributed by atoms with Crippen molar-refractivity contribution in [3.05, 3.63) is 59.1 Å². The minimum absolute atomic E-state index is 0. The molecule has 26 heavy (non-hydrogen) atoms. The number of azo groups is 1. The van der Waals surface area contributed by atoms with Gasteiger partial charge < -0.3 is 27.7 Å². The number of anilines is 1. The Bertz CT molecular complexity index is 971. The van der Waals surface area contributed by atoms with E-state index in [1.54, 1.807) is 24.3 Å². The molecule has 0 fully saturated rings. The van der Waals surface area contributed by atoms with E-state index in [1.807, 2.05) is 24.3 Å². The van der Waals surface area contributed by atoms with Gasteiger partial charge in [-0.3, -0.25) is 10.2 Å². The maximum absolute atomic E-state index is 12.1. The molecule has 0 amide bonds. The van der Waals surface area contributed by atoms with Crippen molar-refractivity contribution >= 4 is 56.7 Å². The fourth-order valence-electron chi connectivity index (χ4n) is 2.25. The summed E-state index contributed by atoms with van der Waals surface area (Å²) in [6, 6.07) is 14.3. The first-order valence-corrected chi connectivity index (χ1v) is 8.73. The van der Waals surface area contributed by atoms with E-state index in [-0.39, 0.29) is 33.7 Å². The van der Waals surface area contributed by atoms with Gasteiger partial charge in [0.15, 0.2) is 11.6 Å². The van der Waals surface area contributed by atoms with Crippen molar-refractivity contribution in [2.45, 2.75) is 0 Å². The zero-order valence-electron chi connectivity index (χ0n) is 13.4. The summed E-state index contributed by atoms with van der Waals surface area (Å²) in [6.07, 6.45) is 0. The molecule has 0 saturated carbocycles. The number of fused-ring (bicyclic) bond motifs is 1. The lowest BCUT2D eigenvalue weighted by Gasteiger charge is -1.97. The Balaban J connectivity index is 0.00000243. The zero-order chi connectivity index (χ0) is 17.8. The Morgan fingerprint density at radius 3 is 2.50 bits per heavy atom. The zero-order valence-corrected chi connectivity index (χ0v) is 16.6. The number of aromatic nitrogens is 1. The van der Waals surface area contributed by atoms with Gasteiger partial charge in [0.2, 0.25) is 0 Å². The molecule has 2 aromatic carbocycles. The third-order valence-corrected chi connectivity index (χ3v) is 4.53. The number of amidine groups is 1. The van der Waals surface area contributed by atoms with E-state index in [2.05, 4.69) is 15.2 Å². The van der Waals surface area contributed by atoms with Gasteiger partial charge >= 0.3 is 5.17 Å². The number of Topliss-reactive ketones (excluding diaryl/α,β-unsaturated/α-hetero) is 1. The van der Waals surface area contributed by atoms with E-state index < -0.39 is 0 Å². The number of nitrogens with two attached hydrogens (primary N) is 2. The molecule has 134 valence electrons. The molecule has 0 aliphatic rings. The molecule has 0 unspecified atom stereocenters. The molecule has 3 rings (SSSR count). The fraction of sp³-hybridized carbons (Fsp3) is 0.0588. The van der Waals surface area contributed by atoms with Crippen LogP contribution in [0.4, 0.5) is 11.6 Å². The van der Waals surface area contributed by atoms with Gasteiger partial charge in [-0.15, -0.1) is 0 Å². The number of nitrogen functional groups attached to an aromatic ring is 1. The van der Waals surface area contributed by atoms with Gasteiger partial charge in [-0.1, -0.05) is 35.9 Å². The molecule has 0 radical (unpaired) electrons. The van der Waals surface area contributed by atoms with Crippen LogP contribution in [0.25, 0.3) is 10.8 Å². The van der Waals surface area contributed by atoms with Gasteiger partial charge in [-0.25, -0.2) is 0 Å². The quantitative estimate of drug-likeness (QED) is 0.228. The van der Waals surface area contributed by atoms with Gasteiger partial charge in [0.25, 0.3) is 0 Å². The largest absolute Gasteiger partial charge is 1.00 e. The van der Waals surface area contributed by atoms with Crippen molar-refractivity contribution in [3.63, 3.8) is 0 Å². The summed E-state index contributed by atoms with van der Waals surface area (Å²) in [7, 11) is 0. The predicted octanol–water partition coefficient (Wildman–Crippen LogP) is 0.222. The number of hydrogen-bond acceptors (Lipinski definition) is 4. The summed E-state index contributed by atoms with van der Waals surface area (Å²) >= 11 is 6.93. The Kier molecular flexibility index (Phi) is 6.96. The smallest absolute Gasteiger partial charge is 0.377 e. The van der Waals surface area contributed by atoms with Crippen LogP contribution in [0.15, 0.2) is 58.8 Å². The molecular formula is C17H15BrClN5OS. The first-order valence-electron chi connectivity index (χ1n) is 7.36. The highest BCUT2D eigenvalue weighted by Crippen LogP contribution is 2.30. The molecule has 1 aromatic heterocycles. The van der Waals surface area contributed by atoms with Gasteiger partial charge in [0.05, 0.1) is 10.9 Å². The van der Waals surface area contributed by atoms with Crippen molar-refractivity contribution in [3.8, 4) is 0 Å². The fourth-order valence-corrected chi connectivity index (χ4v) is 2.92. The highest BCUT2D eigenvalue weighted by molar-refractivity contribution is 8.14. The van der Waals surface area contributed by atoms with Crippen LogP contribution in [-0.2, 0) is 0 Å². The highest BCUT2D eigenvalue weighted by Gasteiger charge is 2.13. The number of aromatic amines is 1. The molecule has 0 saturated heterocycles. The van der Waals surface area contributed by atoms with E-state index in [4.69, 9.17) is 22.7 Å². The van der Waals surface area contributed by atoms with Crippen molar-refractivity contribution in [1.29, 1.82) is 0 Å². The van der Waals surface area contributed by atoms with Gasteiger partial charge in [-0.2, -0.15) is 0 Å². The standard InChI is InChI=1S/C17H14ClN5OS.BrH/c18-11-7-5-10(6-8-11)14(24)9-25-17(20)23-22-16-13-4-2-1-3-12(13)15(19)21-16;/h1-8,20-21H,9,19H2;1H/b20-17?,23-22+;. The second-order valence-corrected chi connectivity index (χ2v) is 6.62. The average molecular weight is 453 g/mol. The van der Waals surface area contributed by atoms with Crippen LogP contribution < -0.4 is 28.1 Å². The number of nitrogens with one attached hydrogen (secondary N) is 1. The number of H-pyrrole nitrogens is 1. The molecule has 0 aliphatic heterocycles. The number of carbonyl (C=O) groups excluding carboxylic acids is 1. The maximum Gasteiger partial charge on any atom is 0.377 e. The number of rotatable bonds is 4. The molecule has 0 bridgehead atoms. The maximum atomic E-state index is 12.1. The van der Waals surface area contributed by atoms with E-state index in [1.165, 1.54) is 0 Å². The summed E-state index contributed by atoms with van der Waals surface area (Å²) in [5.41, 5.74) is 6.48. The first kappa shape index (κ1) is 20.2. The van der Waals surface area contributed by atoms with E-state index in [0.29, 0.717) is 22.2 Å². The molecule has 0 atom stereocenters. The lowest BCUT2D eigenvalue weighted by molar-refractivity contribution is -0.110. The summed E-state index contributed by atoms with van der Waals surface area (Å²) < 4.78 is 0. The van der Waals surface area contributed by atoms with Crippen LogP contribution >= 0.6 is 23.4 Å². The monoisotopic (exact) mass is 451 g/mol. The summed E-state index contributed by atoms with van der Waals surface area (Å²) in [4.78, 5) is 15.0. The van der Waals surface area contributed by atoms with Crippen LogP contribution in [-0.4, -0.2) is 21.7 Å². The minimum atomic E-state index is -0.0608. The third kappa shape index (κ3) is 4.72. The third-order valence-electron chi connectivity index (χ3n) is 3.49. The van der Waals surface area contributed by atoms with Crippen molar-refractivity contribution in [2.75, 3.05) is 11.5 Å². The number of thioether (sulfide) groups is 1. The van der Waals surface area contributed by atoms with Gasteiger partial charge in [0.1, 0.15) is 5.82 Å². The minimum Gasteiger partial charge on any atom is -1.00 e. The van der Waals surface area contributed by atoms with E-state index in [0.717, 1.165) is 22.5 Å². The SMILES string of the molecule is Nc1[nH]c(/N=N/C(=[NH2+])SCC(=O)c2ccc(Cl)cc2)c2ccccc12.[Br-]. The highest BCUT2D eigenvalue weighted by atomic mass is 79.9. The topological polar surface area (TPSA) is 109 Å². The van der Waals surface area contributed by atoms with Crippen LogP contribution in [0.2, 0.25) is 5.02 Å². The molecular weight excluding hydrogens is 438 g/mol. The number of nitrogens with zero attached hydrogens (tertiary/aromatic N) is 2. The molecule has 3 aromatic rings. The number of ketones is 1. The van der Waals surface area contributed by atoms with Crippen LogP contribution in [0, 0.1) is 0 Å². The summed E-state index contributed by atoms with van der Waals surface area (Å²) in [5.74, 6) is 1.16. The number of benzene rings is 2. The number of carbonyl (C=O) groups is 1. The Morgan fingerprint density at radius 1 is 1.15 bits per heavy atom. The molecule has 0 spiro atoms. The van der Waals surface area contributed by atoms with Crippen molar-refractivity contribution in [2.24, 2.45) is 10.2 Å². The Labute approximate surface area is 169 Å². The lowest BCUT2D eigenvalue weighted by Crippen LogP contribution is -3.00. The summed E-state index contributed by atoms with van der Waals surface area (Å²) in [5, 5.41) is 16.4. The second-order valence-electron chi connectivity index (χ2n) is 5.19. The van der Waals surface area contributed by atoms with Crippen molar-refractivity contribution in [1.82, 2.24) is 4.98 Å². The van der Waals surface area contributed by atoms with Gasteiger partial charge in [-0.05, 0) is 41.1 Å². The molecule has 9 heteroatoms. The molecule has 6 nitrogen and oxygen atoms in total. The summed E-state index contributed by atoms with van der Waals surface area (Å²) in [6.45, 7) is 0. The Hall–Kier alpha value is -2.16. The lowest BCUT2D eigenvalue weighted by atomic mass is 10.1. The number of hydrogen-bond donors (Lipinski definition) is 3. The first-order chi connectivity index (χ1) is 12.0. The van der Waals surface area contributed by atoms with Crippen LogP contribution in [0.1, 0.15) is 10.4 Å². The van der Waals surface area contributed by atoms with Crippen LogP contribution in [0.3, 0.4) is 0 Å². The average Bonchev–Trinajstić information content (AvgIpc) is 2.95. The number of halogens is 2. The van der Waals surface area contributed by atoms with E-state index in [9.17, 15) is 4.79 Å². The normalized spacial score (nSPS) is 10.8. The predicted molar refractivity (Wildman–Crippen MR) is 102 cm³/mol. The molecule has 0 aliphatic carbocycles. The van der Waals surface area contributed by atoms with Gasteiger partial charge in [0, 0.05) is 21.4 Å². The van der Waals surface area contributed by atoms with Crippen LogP contribution in [0.5, 0.6) is 0 Å². The Morgan fingerprint density at radius 2 is 1.81 bits per heavy atom. The van der Waals surface area contributed by atoms with E-state index >= 15 is 0 Å². The molecule has 5 N–H and O–H groups in total. The molecule has 1 heterocycles.